The number of halogens is 3. The lowest BCUT2D eigenvalue weighted by molar-refractivity contribution is -0.143. The van der Waals surface area contributed by atoms with Crippen LogP contribution in [0, 0.1) is 0 Å². The monoisotopic (exact) mass is 358 g/mol. The normalized spacial score (nSPS) is 16.3. The van der Waals surface area contributed by atoms with Gasteiger partial charge in [0.05, 0.1) is 9.75 Å². The largest absolute Gasteiger partial charge is 0.433 e. The average molecular weight is 358 g/mol. The van der Waals surface area contributed by atoms with E-state index in [2.05, 4.69) is 10.5 Å². The van der Waals surface area contributed by atoms with Crippen LogP contribution in [0.1, 0.15) is 34.6 Å². The van der Waals surface area contributed by atoms with Crippen LogP contribution in [-0.2, 0) is 13.2 Å². The zero-order valence-electron chi connectivity index (χ0n) is 13.1. The van der Waals surface area contributed by atoms with E-state index in [1.165, 1.54) is 7.05 Å². The molecular weight excluding hydrogens is 341 g/mol. The van der Waals surface area contributed by atoms with Crippen molar-refractivity contribution in [3.05, 3.63) is 28.8 Å². The van der Waals surface area contributed by atoms with E-state index in [-0.39, 0.29) is 11.6 Å². The fourth-order valence-corrected chi connectivity index (χ4v) is 3.51. The molecule has 0 radical (unpaired) electrons. The number of rotatable bonds is 3. The van der Waals surface area contributed by atoms with Crippen LogP contribution in [0.15, 0.2) is 18.2 Å². The minimum absolute atomic E-state index is 0.215. The first kappa shape index (κ1) is 17.0. The molecule has 0 unspecified atom stereocenters. The Labute approximate surface area is 141 Å². The van der Waals surface area contributed by atoms with Gasteiger partial charge in [-0.3, -0.25) is 14.9 Å². The number of nitrogens with zero attached hydrogens (tertiary/aromatic N) is 3. The third kappa shape index (κ3) is 3.62. The fourth-order valence-electron chi connectivity index (χ4n) is 2.65. The predicted molar refractivity (Wildman–Crippen MR) is 84.4 cm³/mol. The lowest BCUT2D eigenvalue weighted by atomic mass is 10.2. The van der Waals surface area contributed by atoms with Crippen molar-refractivity contribution in [1.29, 1.82) is 0 Å². The molecule has 0 bridgehead atoms. The lowest BCUT2D eigenvalue weighted by Gasteiger charge is -2.26. The molecule has 2 aromatic heterocycles. The van der Waals surface area contributed by atoms with Crippen LogP contribution in [0.5, 0.6) is 0 Å². The molecule has 1 N–H and O–H groups in total. The molecule has 3 heterocycles. The highest BCUT2D eigenvalue weighted by Crippen LogP contribution is 2.34. The smallest absolute Gasteiger partial charge is 0.284 e. The van der Waals surface area contributed by atoms with E-state index in [0.717, 1.165) is 54.4 Å². The predicted octanol–water partition coefficient (Wildman–Crippen LogP) is 3.30. The van der Waals surface area contributed by atoms with Gasteiger partial charge in [-0.2, -0.15) is 18.3 Å². The zero-order valence-corrected chi connectivity index (χ0v) is 13.9. The molecule has 1 aliphatic rings. The lowest BCUT2D eigenvalue weighted by Crippen LogP contribution is -2.44. The number of carbonyl (C=O) groups is 1. The number of hydrogen-bond acceptors (Lipinski definition) is 4. The molecule has 0 aliphatic carbocycles. The number of aryl methyl sites for hydroxylation is 1. The van der Waals surface area contributed by atoms with Crippen molar-refractivity contribution in [2.24, 2.45) is 7.05 Å². The van der Waals surface area contributed by atoms with Crippen molar-refractivity contribution in [1.82, 2.24) is 20.2 Å². The molecule has 1 aliphatic heterocycles. The third-order valence-corrected chi connectivity index (χ3v) is 4.97. The van der Waals surface area contributed by atoms with Gasteiger partial charge in [0.2, 0.25) is 0 Å². The van der Waals surface area contributed by atoms with Crippen molar-refractivity contribution in [3.8, 4) is 10.6 Å². The number of amides is 1. The summed E-state index contributed by atoms with van der Waals surface area (Å²) in [5.74, 6) is -0.236. The number of hydrazine groups is 1. The number of nitrogens with one attached hydrogen (secondary N) is 1. The Hall–Kier alpha value is -1.87. The van der Waals surface area contributed by atoms with Gasteiger partial charge in [0.1, 0.15) is 11.4 Å². The Bertz CT molecular complexity index is 731. The molecule has 0 aromatic carbocycles. The molecule has 9 heteroatoms. The first-order valence-electron chi connectivity index (χ1n) is 7.62. The highest BCUT2D eigenvalue weighted by molar-refractivity contribution is 7.17. The van der Waals surface area contributed by atoms with Crippen molar-refractivity contribution in [2.45, 2.75) is 25.4 Å². The molecule has 1 saturated heterocycles. The number of carbonyl (C=O) groups excluding carboxylic acids is 1. The van der Waals surface area contributed by atoms with Gasteiger partial charge in [-0.15, -0.1) is 11.3 Å². The Balaban J connectivity index is 1.74. The summed E-state index contributed by atoms with van der Waals surface area (Å²) < 4.78 is 39.3. The van der Waals surface area contributed by atoms with E-state index in [1.807, 2.05) is 5.01 Å². The van der Waals surface area contributed by atoms with Crippen molar-refractivity contribution in [3.63, 3.8) is 0 Å². The number of hydrogen-bond donors (Lipinski definition) is 1. The molecule has 0 atom stereocenters. The zero-order chi connectivity index (χ0) is 17.3. The SMILES string of the molecule is Cn1nc(-c2ccc(C(=O)NN3CCCCC3)s2)cc1C(F)(F)F. The summed E-state index contributed by atoms with van der Waals surface area (Å²) >= 11 is 1.13. The Morgan fingerprint density at radius 1 is 1.25 bits per heavy atom. The quantitative estimate of drug-likeness (QED) is 0.916. The summed E-state index contributed by atoms with van der Waals surface area (Å²) in [5, 5.41) is 5.78. The second kappa shape index (κ2) is 6.56. The summed E-state index contributed by atoms with van der Waals surface area (Å²) in [5.41, 5.74) is 2.24. The van der Waals surface area contributed by atoms with E-state index >= 15 is 0 Å². The molecule has 24 heavy (non-hydrogen) atoms. The van der Waals surface area contributed by atoms with Crippen LogP contribution in [0.2, 0.25) is 0 Å². The molecular formula is C15H17F3N4OS. The number of alkyl halides is 3. The van der Waals surface area contributed by atoms with Gasteiger partial charge in [-0.1, -0.05) is 6.42 Å². The van der Waals surface area contributed by atoms with Gasteiger partial charge >= 0.3 is 6.18 Å². The minimum Gasteiger partial charge on any atom is -0.284 e. The van der Waals surface area contributed by atoms with Crippen molar-refractivity contribution >= 4 is 17.2 Å². The molecule has 0 spiro atoms. The number of piperidine rings is 1. The molecule has 1 fully saturated rings. The van der Waals surface area contributed by atoms with Gasteiger partial charge in [0.25, 0.3) is 5.91 Å². The first-order valence-corrected chi connectivity index (χ1v) is 8.43. The van der Waals surface area contributed by atoms with Crippen LogP contribution in [0.4, 0.5) is 13.2 Å². The third-order valence-electron chi connectivity index (χ3n) is 3.87. The van der Waals surface area contributed by atoms with Gasteiger partial charge < -0.3 is 0 Å². The Kier molecular flexibility index (Phi) is 4.64. The maximum atomic E-state index is 12.8. The van der Waals surface area contributed by atoms with Crippen molar-refractivity contribution in [2.75, 3.05) is 13.1 Å². The maximum Gasteiger partial charge on any atom is 0.433 e. The fraction of sp³-hybridized carbons (Fsp3) is 0.467. The Morgan fingerprint density at radius 2 is 1.96 bits per heavy atom. The topological polar surface area (TPSA) is 50.2 Å². The highest BCUT2D eigenvalue weighted by Gasteiger charge is 2.35. The first-order chi connectivity index (χ1) is 11.3. The minimum atomic E-state index is -4.45. The summed E-state index contributed by atoms with van der Waals surface area (Å²) in [7, 11) is 1.25. The van der Waals surface area contributed by atoms with Crippen LogP contribution < -0.4 is 5.43 Å². The summed E-state index contributed by atoms with van der Waals surface area (Å²) in [4.78, 5) is 13.2. The summed E-state index contributed by atoms with van der Waals surface area (Å²) in [6.45, 7) is 1.64. The highest BCUT2D eigenvalue weighted by atomic mass is 32.1. The second-order valence-electron chi connectivity index (χ2n) is 5.69. The van der Waals surface area contributed by atoms with Gasteiger partial charge in [0, 0.05) is 20.1 Å². The molecule has 0 saturated carbocycles. The molecule has 5 nitrogen and oxygen atoms in total. The van der Waals surface area contributed by atoms with Gasteiger partial charge in [-0.05, 0) is 31.0 Å². The molecule has 3 rings (SSSR count). The van der Waals surface area contributed by atoms with E-state index in [4.69, 9.17) is 0 Å². The molecule has 130 valence electrons. The summed E-state index contributed by atoms with van der Waals surface area (Å²) in [6, 6.07) is 4.23. The average Bonchev–Trinajstić information content (AvgIpc) is 3.14. The van der Waals surface area contributed by atoms with Crippen LogP contribution in [0.3, 0.4) is 0 Å². The van der Waals surface area contributed by atoms with Crippen LogP contribution in [-0.4, -0.2) is 33.8 Å². The number of aromatic nitrogens is 2. The van der Waals surface area contributed by atoms with Crippen molar-refractivity contribution < 1.29 is 18.0 Å². The molecule has 2 aromatic rings. The second-order valence-corrected chi connectivity index (χ2v) is 6.77. The number of thiophene rings is 1. The standard InChI is InChI=1S/C15H17F3N4OS/c1-21-13(15(16,17)18)9-10(19-21)11-5-6-12(24-11)14(23)20-22-7-3-2-4-8-22/h5-6,9H,2-4,7-8H2,1H3,(H,20,23). The van der Waals surface area contributed by atoms with E-state index in [0.29, 0.717) is 9.75 Å². The van der Waals surface area contributed by atoms with Crippen LogP contribution >= 0.6 is 11.3 Å². The molecule has 1 amide bonds. The Morgan fingerprint density at radius 3 is 2.58 bits per heavy atom. The maximum absolute atomic E-state index is 12.8. The van der Waals surface area contributed by atoms with E-state index in [9.17, 15) is 18.0 Å². The van der Waals surface area contributed by atoms with Gasteiger partial charge in [-0.25, -0.2) is 5.01 Å². The van der Waals surface area contributed by atoms with E-state index < -0.39 is 11.9 Å². The van der Waals surface area contributed by atoms with E-state index in [1.54, 1.807) is 12.1 Å². The summed E-state index contributed by atoms with van der Waals surface area (Å²) in [6.07, 6.45) is -1.20. The van der Waals surface area contributed by atoms with Gasteiger partial charge in [0.15, 0.2) is 0 Å². The van der Waals surface area contributed by atoms with Crippen LogP contribution in [0.25, 0.3) is 10.6 Å².